The Morgan fingerprint density at radius 3 is 3.04 bits per heavy atom. The fraction of sp³-hybridized carbons (Fsp3) is 0.421. The van der Waals surface area contributed by atoms with E-state index in [-0.39, 0.29) is 0 Å². The molecule has 1 aromatic heterocycles. The molecule has 2 heterocycles. The van der Waals surface area contributed by atoms with Gasteiger partial charge in [-0.05, 0) is 46.9 Å². The molecule has 0 aromatic carbocycles. The molecule has 0 radical (unpaired) electrons. The molecule has 0 bridgehead atoms. The number of allylic oxidation sites excluding steroid dienone is 1. The lowest BCUT2D eigenvalue weighted by Crippen LogP contribution is -2.34. The van der Waals surface area contributed by atoms with Gasteiger partial charge in [0.1, 0.15) is 5.84 Å². The molecule has 0 amide bonds. The molecular formula is C19H27BrN6. The van der Waals surface area contributed by atoms with Gasteiger partial charge in [-0.2, -0.15) is 5.10 Å². The van der Waals surface area contributed by atoms with Crippen molar-refractivity contribution in [1.82, 2.24) is 20.6 Å². The fourth-order valence-electron chi connectivity index (χ4n) is 2.76. The van der Waals surface area contributed by atoms with Crippen LogP contribution in [-0.4, -0.2) is 49.2 Å². The van der Waals surface area contributed by atoms with E-state index in [9.17, 15) is 0 Å². The number of hydrogen-bond donors (Lipinski definition) is 2. The maximum Gasteiger partial charge on any atom is 0.145 e. The molecule has 2 N–H and O–H groups in total. The summed E-state index contributed by atoms with van der Waals surface area (Å²) in [4.78, 5) is 8.91. The average Bonchev–Trinajstić information content (AvgIpc) is 2.68. The standard InChI is InChI=1S/C19H27BrN6/c1-15(20)11-25-26(3)19(24-13-16-6-4-8-22-12-16)10-18(21-2)17-7-5-9-23-14-17/h4,6,8,10-12,17,21,23H,1,5,7,9,13-14H2,2-3H3/b18-10?,24-19?,25-11-. The molecule has 1 saturated heterocycles. The Hall–Kier alpha value is -1.99. The molecule has 1 atom stereocenters. The van der Waals surface area contributed by atoms with Gasteiger partial charge in [0.2, 0.25) is 0 Å². The summed E-state index contributed by atoms with van der Waals surface area (Å²) in [5.74, 6) is 1.25. The van der Waals surface area contributed by atoms with Crippen molar-refractivity contribution in [2.24, 2.45) is 16.0 Å². The largest absolute Gasteiger partial charge is 0.391 e. The first kappa shape index (κ1) is 20.3. The number of aliphatic imine (C=N–C) groups is 1. The lowest BCUT2D eigenvalue weighted by molar-refractivity contribution is 0.409. The zero-order valence-electron chi connectivity index (χ0n) is 15.5. The van der Waals surface area contributed by atoms with Gasteiger partial charge in [-0.1, -0.05) is 12.6 Å². The maximum atomic E-state index is 4.76. The molecule has 0 saturated carbocycles. The summed E-state index contributed by atoms with van der Waals surface area (Å²) in [6, 6.07) is 3.94. The number of halogens is 1. The van der Waals surface area contributed by atoms with Crippen LogP contribution in [0.3, 0.4) is 0 Å². The van der Waals surface area contributed by atoms with Gasteiger partial charge in [0.15, 0.2) is 0 Å². The smallest absolute Gasteiger partial charge is 0.145 e. The van der Waals surface area contributed by atoms with Crippen LogP contribution in [-0.2, 0) is 6.54 Å². The Bertz CT molecular complexity index is 662. The van der Waals surface area contributed by atoms with E-state index >= 15 is 0 Å². The van der Waals surface area contributed by atoms with Gasteiger partial charge in [0, 0.05) is 55.2 Å². The predicted molar refractivity (Wildman–Crippen MR) is 112 cm³/mol. The Balaban J connectivity index is 2.25. The molecule has 0 aliphatic carbocycles. The number of hydrazone groups is 1. The van der Waals surface area contributed by atoms with Crippen molar-refractivity contribution in [3.05, 3.63) is 52.9 Å². The number of nitrogens with one attached hydrogen (secondary N) is 2. The second-order valence-corrected chi connectivity index (χ2v) is 7.16. The van der Waals surface area contributed by atoms with Crippen molar-refractivity contribution < 1.29 is 0 Å². The van der Waals surface area contributed by atoms with Crippen molar-refractivity contribution in [3.63, 3.8) is 0 Å². The van der Waals surface area contributed by atoms with Crippen molar-refractivity contribution in [1.29, 1.82) is 0 Å². The van der Waals surface area contributed by atoms with Gasteiger partial charge in [-0.3, -0.25) is 15.0 Å². The number of piperidine rings is 1. The summed E-state index contributed by atoms with van der Waals surface area (Å²) < 4.78 is 0.713. The Morgan fingerprint density at radius 2 is 2.42 bits per heavy atom. The minimum Gasteiger partial charge on any atom is -0.391 e. The Morgan fingerprint density at radius 1 is 1.58 bits per heavy atom. The molecule has 1 unspecified atom stereocenters. The lowest BCUT2D eigenvalue weighted by atomic mass is 9.95. The lowest BCUT2D eigenvalue weighted by Gasteiger charge is -2.26. The molecule has 1 fully saturated rings. The molecule has 140 valence electrons. The van der Waals surface area contributed by atoms with Crippen LogP contribution >= 0.6 is 15.9 Å². The summed E-state index contributed by atoms with van der Waals surface area (Å²) in [5, 5.41) is 13.0. The van der Waals surface area contributed by atoms with E-state index in [1.165, 1.54) is 18.5 Å². The highest BCUT2D eigenvalue weighted by molar-refractivity contribution is 9.12. The van der Waals surface area contributed by atoms with E-state index in [1.807, 2.05) is 32.4 Å². The quantitative estimate of drug-likeness (QED) is 0.405. The molecule has 1 aliphatic heterocycles. The Kier molecular flexibility index (Phi) is 8.50. The highest BCUT2D eigenvalue weighted by atomic mass is 79.9. The van der Waals surface area contributed by atoms with Gasteiger partial charge in [-0.15, -0.1) is 0 Å². The van der Waals surface area contributed by atoms with Crippen LogP contribution in [0.2, 0.25) is 0 Å². The fourth-order valence-corrected chi connectivity index (χ4v) is 2.86. The molecule has 6 nitrogen and oxygen atoms in total. The van der Waals surface area contributed by atoms with Gasteiger partial charge in [0.25, 0.3) is 0 Å². The number of amidine groups is 1. The molecule has 0 spiro atoms. The molecule has 1 aliphatic rings. The van der Waals surface area contributed by atoms with Gasteiger partial charge in [0.05, 0.1) is 12.8 Å². The minimum absolute atomic E-state index is 0.459. The SMILES string of the molecule is C=C(Br)/C=N\N(C)C(C=C(NC)C1CCCNC1)=NCc1cccnc1. The number of likely N-dealkylation sites (N-methyl/N-ethyl adjacent to an activating group) is 1. The van der Waals surface area contributed by atoms with Crippen LogP contribution < -0.4 is 10.6 Å². The van der Waals surface area contributed by atoms with E-state index in [0.29, 0.717) is 16.9 Å². The Labute approximate surface area is 164 Å². The highest BCUT2D eigenvalue weighted by Crippen LogP contribution is 2.18. The van der Waals surface area contributed by atoms with E-state index in [2.05, 4.69) is 49.3 Å². The molecule has 26 heavy (non-hydrogen) atoms. The molecular weight excluding hydrogens is 392 g/mol. The predicted octanol–water partition coefficient (Wildman–Crippen LogP) is 2.91. The van der Waals surface area contributed by atoms with Crippen molar-refractivity contribution in [2.75, 3.05) is 27.2 Å². The summed E-state index contributed by atoms with van der Waals surface area (Å²) in [5.41, 5.74) is 2.23. The summed E-state index contributed by atoms with van der Waals surface area (Å²) in [6.45, 7) is 6.41. The number of nitrogens with zero attached hydrogens (tertiary/aromatic N) is 4. The highest BCUT2D eigenvalue weighted by Gasteiger charge is 2.18. The minimum atomic E-state index is 0.459. The van der Waals surface area contributed by atoms with Crippen LogP contribution in [0.5, 0.6) is 0 Å². The monoisotopic (exact) mass is 418 g/mol. The van der Waals surface area contributed by atoms with Crippen molar-refractivity contribution in [3.8, 4) is 0 Å². The first-order valence-corrected chi connectivity index (χ1v) is 9.55. The van der Waals surface area contributed by atoms with Crippen LogP contribution in [0.25, 0.3) is 0 Å². The first-order valence-electron chi connectivity index (χ1n) is 8.75. The van der Waals surface area contributed by atoms with Crippen LogP contribution in [0.4, 0.5) is 0 Å². The summed E-state index contributed by atoms with van der Waals surface area (Å²) >= 11 is 3.30. The summed E-state index contributed by atoms with van der Waals surface area (Å²) in [6.07, 6.45) is 9.70. The number of aromatic nitrogens is 1. The van der Waals surface area contributed by atoms with E-state index in [4.69, 9.17) is 4.99 Å². The first-order chi connectivity index (χ1) is 12.6. The van der Waals surface area contributed by atoms with Gasteiger partial charge >= 0.3 is 0 Å². The van der Waals surface area contributed by atoms with Gasteiger partial charge in [-0.25, -0.2) is 0 Å². The second kappa shape index (κ2) is 10.9. The maximum absolute atomic E-state index is 4.76. The third-order valence-electron chi connectivity index (χ3n) is 4.16. The van der Waals surface area contributed by atoms with Crippen molar-refractivity contribution >= 4 is 28.0 Å². The second-order valence-electron chi connectivity index (χ2n) is 6.14. The zero-order valence-corrected chi connectivity index (χ0v) is 17.0. The zero-order chi connectivity index (χ0) is 18.8. The van der Waals surface area contributed by atoms with E-state index in [0.717, 1.165) is 24.5 Å². The third kappa shape index (κ3) is 6.72. The van der Waals surface area contributed by atoms with E-state index in [1.54, 1.807) is 17.4 Å². The summed E-state index contributed by atoms with van der Waals surface area (Å²) in [7, 11) is 3.85. The number of rotatable bonds is 7. The third-order valence-corrected chi connectivity index (χ3v) is 4.36. The van der Waals surface area contributed by atoms with Gasteiger partial charge < -0.3 is 10.6 Å². The molecule has 2 rings (SSSR count). The normalized spacial score (nSPS) is 18.8. The number of pyridine rings is 1. The van der Waals surface area contributed by atoms with Crippen molar-refractivity contribution in [2.45, 2.75) is 19.4 Å². The van der Waals surface area contributed by atoms with Crippen LogP contribution in [0, 0.1) is 5.92 Å². The van der Waals surface area contributed by atoms with Crippen LogP contribution in [0.1, 0.15) is 18.4 Å². The topological polar surface area (TPSA) is 64.9 Å². The molecule has 7 heteroatoms. The number of hydrogen-bond acceptors (Lipinski definition) is 5. The average molecular weight is 419 g/mol. The van der Waals surface area contributed by atoms with E-state index < -0.39 is 0 Å². The van der Waals surface area contributed by atoms with Crippen LogP contribution in [0.15, 0.2) is 57.5 Å². The molecule has 1 aromatic rings.